The minimum absolute atomic E-state index is 0.350. The highest BCUT2D eigenvalue weighted by Gasteiger charge is 2.14. The summed E-state index contributed by atoms with van der Waals surface area (Å²) in [7, 11) is 3.28. The summed E-state index contributed by atoms with van der Waals surface area (Å²) in [6, 6.07) is 12.9. The molecule has 0 aliphatic rings. The predicted molar refractivity (Wildman–Crippen MR) is 94.6 cm³/mol. The lowest BCUT2D eigenvalue weighted by Crippen LogP contribution is -2.26. The van der Waals surface area contributed by atoms with E-state index in [1.165, 1.54) is 15.2 Å². The van der Waals surface area contributed by atoms with Crippen LogP contribution in [0, 0.1) is 6.92 Å². The van der Waals surface area contributed by atoms with E-state index in [0.29, 0.717) is 5.52 Å². The Morgan fingerprint density at radius 2 is 1.83 bits per heavy atom. The largest absolute Gasteiger partial charge is 0.496 e. The lowest BCUT2D eigenvalue weighted by atomic mass is 10.1. The Morgan fingerprint density at radius 1 is 1.12 bits per heavy atom. The Labute approximate surface area is 139 Å². The molecule has 0 saturated heterocycles. The van der Waals surface area contributed by atoms with E-state index >= 15 is 0 Å². The highest BCUT2D eigenvalue weighted by molar-refractivity contribution is 5.99. The third-order valence-electron chi connectivity index (χ3n) is 4.02. The predicted octanol–water partition coefficient (Wildman–Crippen LogP) is 3.01. The normalized spacial score (nSPS) is 11.3. The summed E-state index contributed by atoms with van der Waals surface area (Å²) in [5.41, 5.74) is 2.83. The number of benzene rings is 2. The van der Waals surface area contributed by atoms with Gasteiger partial charge in [0.1, 0.15) is 5.75 Å². The second kappa shape index (κ2) is 6.20. The molecule has 24 heavy (non-hydrogen) atoms. The van der Waals surface area contributed by atoms with E-state index in [0.717, 1.165) is 22.4 Å². The molecule has 0 bridgehead atoms. The summed E-state index contributed by atoms with van der Waals surface area (Å²) in [6.45, 7) is 1.94. The van der Waals surface area contributed by atoms with E-state index in [2.05, 4.69) is 0 Å². The Kier molecular flexibility index (Phi) is 4.08. The highest BCUT2D eigenvalue weighted by atomic mass is 16.5. The van der Waals surface area contributed by atoms with E-state index in [1.807, 2.05) is 43.3 Å². The van der Waals surface area contributed by atoms with Crippen molar-refractivity contribution < 1.29 is 9.53 Å². The van der Waals surface area contributed by atoms with Crippen LogP contribution in [0.4, 0.5) is 0 Å². The number of hydrogen-bond donors (Lipinski definition) is 0. The number of carbonyl (C=O) groups is 1. The fourth-order valence-electron chi connectivity index (χ4n) is 2.75. The molecule has 0 unspecified atom stereocenters. The second-order valence-corrected chi connectivity index (χ2v) is 5.57. The molecule has 122 valence electrons. The fourth-order valence-corrected chi connectivity index (χ4v) is 2.75. The molecular weight excluding hydrogens is 304 g/mol. The summed E-state index contributed by atoms with van der Waals surface area (Å²) in [6.07, 6.45) is 3.11. The van der Waals surface area contributed by atoms with Crippen molar-refractivity contribution in [3.8, 4) is 5.75 Å². The van der Waals surface area contributed by atoms with Crippen LogP contribution in [0.15, 0.2) is 53.3 Å². The van der Waals surface area contributed by atoms with Crippen LogP contribution >= 0.6 is 0 Å². The van der Waals surface area contributed by atoms with Crippen LogP contribution in [0.2, 0.25) is 0 Å². The number of aromatic nitrogens is 2. The van der Waals surface area contributed by atoms with Gasteiger partial charge < -0.3 is 4.74 Å². The number of aryl methyl sites for hydroxylation is 2. The van der Waals surface area contributed by atoms with Gasteiger partial charge in [-0.3, -0.25) is 9.36 Å². The molecule has 0 amide bonds. The number of nitrogens with zero attached hydrogens (tertiary/aromatic N) is 2. The van der Waals surface area contributed by atoms with Crippen molar-refractivity contribution in [2.75, 3.05) is 7.11 Å². The van der Waals surface area contributed by atoms with Crippen LogP contribution in [-0.4, -0.2) is 22.2 Å². The van der Waals surface area contributed by atoms with Gasteiger partial charge in [0.05, 0.1) is 18.1 Å². The molecule has 0 aliphatic heterocycles. The Morgan fingerprint density at radius 3 is 2.50 bits per heavy atom. The number of methoxy groups -OCH3 is 1. The molecule has 3 aromatic rings. The van der Waals surface area contributed by atoms with Gasteiger partial charge in [0.25, 0.3) is 5.91 Å². The molecule has 0 aliphatic carbocycles. The number of ether oxygens (including phenoxy) is 1. The number of rotatable bonds is 3. The Balaban J connectivity index is 1.97. The number of carbonyl (C=O) groups excluding carboxylic acids is 1. The van der Waals surface area contributed by atoms with Crippen molar-refractivity contribution in [2.45, 2.75) is 6.92 Å². The topological polar surface area (TPSA) is 53.2 Å². The fraction of sp³-hybridized carbons (Fsp3) is 0.158. The monoisotopic (exact) mass is 322 g/mol. The van der Waals surface area contributed by atoms with Crippen molar-refractivity contribution >= 4 is 23.0 Å². The number of para-hydroxylation sites is 2. The van der Waals surface area contributed by atoms with E-state index in [9.17, 15) is 9.59 Å². The molecule has 0 atom stereocenters. The molecule has 0 saturated carbocycles. The van der Waals surface area contributed by atoms with Gasteiger partial charge in [0, 0.05) is 13.1 Å². The minimum Gasteiger partial charge on any atom is -0.496 e. The molecule has 5 nitrogen and oxygen atoms in total. The lowest BCUT2D eigenvalue weighted by Gasteiger charge is -2.04. The number of fused-ring (bicyclic) bond motifs is 1. The van der Waals surface area contributed by atoms with Gasteiger partial charge in [-0.15, -0.1) is 0 Å². The SMILES string of the molecule is COc1ccc(/C=C/C(=O)n2c(=O)n(C)c3ccccc32)cc1C. The maximum atomic E-state index is 12.5. The van der Waals surface area contributed by atoms with Crippen molar-refractivity contribution in [3.63, 3.8) is 0 Å². The van der Waals surface area contributed by atoms with Gasteiger partial charge in [0.2, 0.25) is 0 Å². The lowest BCUT2D eigenvalue weighted by molar-refractivity contribution is 0.0970. The van der Waals surface area contributed by atoms with Crippen molar-refractivity contribution in [1.29, 1.82) is 0 Å². The van der Waals surface area contributed by atoms with Gasteiger partial charge >= 0.3 is 5.69 Å². The summed E-state index contributed by atoms with van der Waals surface area (Å²) >= 11 is 0. The van der Waals surface area contributed by atoms with Crippen LogP contribution in [0.5, 0.6) is 5.75 Å². The second-order valence-electron chi connectivity index (χ2n) is 5.57. The first-order valence-corrected chi connectivity index (χ1v) is 7.56. The van der Waals surface area contributed by atoms with Crippen LogP contribution in [0.25, 0.3) is 17.1 Å². The summed E-state index contributed by atoms with van der Waals surface area (Å²) in [4.78, 5) is 24.8. The van der Waals surface area contributed by atoms with Gasteiger partial charge in [-0.25, -0.2) is 9.36 Å². The van der Waals surface area contributed by atoms with Crippen LogP contribution in [0.1, 0.15) is 15.9 Å². The zero-order chi connectivity index (χ0) is 17.3. The number of hydrogen-bond acceptors (Lipinski definition) is 3. The van der Waals surface area contributed by atoms with Crippen molar-refractivity contribution in [1.82, 2.24) is 9.13 Å². The average molecular weight is 322 g/mol. The molecule has 1 aromatic heterocycles. The van der Waals surface area contributed by atoms with Gasteiger partial charge in [0.15, 0.2) is 0 Å². The first kappa shape index (κ1) is 15.8. The van der Waals surface area contributed by atoms with Gasteiger partial charge in [-0.2, -0.15) is 0 Å². The van der Waals surface area contributed by atoms with E-state index in [4.69, 9.17) is 4.74 Å². The van der Waals surface area contributed by atoms with E-state index < -0.39 is 0 Å². The zero-order valence-corrected chi connectivity index (χ0v) is 13.8. The van der Waals surface area contributed by atoms with Gasteiger partial charge in [-0.05, 0) is 48.4 Å². The Hall–Kier alpha value is -3.08. The smallest absolute Gasteiger partial charge is 0.335 e. The maximum absolute atomic E-state index is 12.5. The average Bonchev–Trinajstić information content (AvgIpc) is 2.84. The standard InChI is InChI=1S/C19H18N2O3/c1-13-12-14(8-10-17(13)24-3)9-11-18(22)21-16-7-5-4-6-15(16)20(2)19(21)23/h4-12H,1-3H3/b11-9+. The van der Waals surface area contributed by atoms with E-state index in [-0.39, 0.29) is 11.6 Å². The summed E-state index contributed by atoms with van der Waals surface area (Å²) in [5, 5.41) is 0. The third kappa shape index (κ3) is 2.65. The summed E-state index contributed by atoms with van der Waals surface area (Å²) in [5.74, 6) is 0.425. The molecule has 0 spiro atoms. The number of allylic oxidation sites excluding steroid dienone is 1. The first-order chi connectivity index (χ1) is 11.5. The molecule has 3 rings (SSSR count). The van der Waals surface area contributed by atoms with E-state index in [1.54, 1.807) is 26.3 Å². The molecule has 2 aromatic carbocycles. The summed E-state index contributed by atoms with van der Waals surface area (Å²) < 4.78 is 7.88. The van der Waals surface area contributed by atoms with Crippen molar-refractivity contribution in [2.24, 2.45) is 7.05 Å². The van der Waals surface area contributed by atoms with Crippen LogP contribution in [-0.2, 0) is 7.05 Å². The molecule has 0 N–H and O–H groups in total. The van der Waals surface area contributed by atoms with Crippen molar-refractivity contribution in [3.05, 3.63) is 70.2 Å². The molecule has 1 heterocycles. The molecule has 0 radical (unpaired) electrons. The molecule has 0 fully saturated rings. The first-order valence-electron chi connectivity index (χ1n) is 7.56. The van der Waals surface area contributed by atoms with Crippen LogP contribution in [0.3, 0.4) is 0 Å². The minimum atomic E-state index is -0.370. The third-order valence-corrected chi connectivity index (χ3v) is 4.02. The Bertz CT molecular complexity index is 1010. The maximum Gasteiger partial charge on any atom is 0.335 e. The highest BCUT2D eigenvalue weighted by Crippen LogP contribution is 2.19. The zero-order valence-electron chi connectivity index (χ0n) is 13.8. The number of imidazole rings is 1. The van der Waals surface area contributed by atoms with Crippen LogP contribution < -0.4 is 10.4 Å². The molecular formula is C19H18N2O3. The van der Waals surface area contributed by atoms with Gasteiger partial charge in [-0.1, -0.05) is 18.2 Å². The molecule has 5 heteroatoms. The quantitative estimate of drug-likeness (QED) is 0.697.